The molecule has 5 aromatic rings. The number of amides is 2. The van der Waals surface area contributed by atoms with Crippen LogP contribution in [-0.4, -0.2) is 185 Å². The predicted octanol–water partition coefficient (Wildman–Crippen LogP) is 7.32. The Morgan fingerprint density at radius 1 is 0.767 bits per heavy atom. The molecule has 2 fully saturated rings. The molecule has 9 atom stereocenters. The van der Waals surface area contributed by atoms with Crippen LogP contribution in [-0.2, 0) is 92.1 Å². The number of nitrogens with two attached hydrogens (primary N) is 1. The number of fused-ring (bicyclic) bond motifs is 3. The van der Waals surface area contributed by atoms with Crippen molar-refractivity contribution in [2.75, 3.05) is 61.5 Å². The molecule has 13 N–H and O–H groups in total. The number of nitrogen functional groups attached to an aromatic ring is 1. The fraction of sp³-hybridized carbons (Fsp3) is 0.514. The summed E-state index contributed by atoms with van der Waals surface area (Å²) in [6.45, 7) is 10.3. The van der Waals surface area contributed by atoms with Gasteiger partial charge in [-0.1, -0.05) is 90.1 Å². The topological polar surface area (TPSA) is 539 Å². The van der Waals surface area contributed by atoms with Crippen LogP contribution in [0.4, 0.5) is 17.2 Å². The Labute approximate surface area is 676 Å². The Morgan fingerprint density at radius 3 is 2.13 bits per heavy atom. The van der Waals surface area contributed by atoms with Gasteiger partial charge in [0.2, 0.25) is 17.5 Å². The van der Waals surface area contributed by atoms with Crippen molar-refractivity contribution in [1.82, 2.24) is 34.3 Å². The number of benzene rings is 2. The number of allylic oxidation sites excluding steroid dienone is 6. The molecule has 7 heterocycles. The zero-order valence-corrected chi connectivity index (χ0v) is 70.2. The number of Topliss-reactive ketones (excluding diaryl/α,β-unsaturated/α-hetero) is 2. The zero-order chi connectivity index (χ0) is 84.7. The molecule has 37 nitrogen and oxygen atoms in total. The molecule has 0 radical (unpaired) electrons. The highest BCUT2D eigenvalue weighted by molar-refractivity contribution is 8.76. The summed E-state index contributed by atoms with van der Waals surface area (Å²) in [4.78, 5) is 146. The number of ketones is 2. The van der Waals surface area contributed by atoms with Gasteiger partial charge in [0.05, 0.1) is 59.1 Å². The maximum atomic E-state index is 14.0. The minimum Gasteiger partial charge on any atom is -0.390 e. The van der Waals surface area contributed by atoms with Crippen molar-refractivity contribution in [3.05, 3.63) is 141 Å². The van der Waals surface area contributed by atoms with Gasteiger partial charge in [0.25, 0.3) is 15.7 Å². The molecule has 0 aliphatic carbocycles. The van der Waals surface area contributed by atoms with Gasteiger partial charge >= 0.3 is 37.0 Å². The second-order valence-corrected chi connectivity index (χ2v) is 38.6. The number of rotatable bonds is 43. The highest BCUT2D eigenvalue weighted by Gasteiger charge is 2.47. The monoisotopic (exact) mass is 1750 g/mol. The first kappa shape index (κ1) is 92.9. The van der Waals surface area contributed by atoms with Gasteiger partial charge in [-0.3, -0.25) is 46.7 Å². The summed E-state index contributed by atoms with van der Waals surface area (Å²) in [5, 5.41) is 27.2. The molecule has 2 saturated heterocycles. The third-order valence-corrected chi connectivity index (χ3v) is 27.4. The summed E-state index contributed by atoms with van der Waals surface area (Å²) in [5.74, 6) is 4.56. The van der Waals surface area contributed by atoms with E-state index in [9.17, 15) is 80.0 Å². The molecule has 9 rings (SSSR count). The number of nitrogens with zero attached hydrogens (tertiary/aromatic N) is 7. The normalized spacial score (nSPS) is 20.9. The van der Waals surface area contributed by atoms with E-state index in [0.29, 0.717) is 50.8 Å². The van der Waals surface area contributed by atoms with Crippen molar-refractivity contribution >= 4 is 120 Å². The molecule has 116 heavy (non-hydrogen) atoms. The molecule has 2 amide bonds. The van der Waals surface area contributed by atoms with Gasteiger partial charge in [0.1, 0.15) is 60.6 Å². The molecule has 4 aliphatic rings. The fourth-order valence-electron chi connectivity index (χ4n) is 14.1. The van der Waals surface area contributed by atoms with E-state index in [-0.39, 0.29) is 133 Å². The second-order valence-electron chi connectivity index (χ2n) is 28.9. The molecule has 0 saturated carbocycles. The van der Waals surface area contributed by atoms with E-state index in [2.05, 4.69) is 98.6 Å². The van der Waals surface area contributed by atoms with Crippen molar-refractivity contribution in [1.29, 1.82) is 0 Å². The minimum atomic E-state index is -5.82. The standard InChI is InChI=1S/C72H96N10O27P4S3/c1-6-78-54-25-15-14-24-52(54)71(2,3)60(78)26-12-7-13-27-61-72(4,5)53-39-51(116(101,102)103)28-29-55(53)79(61)34-17-9-11-22-50(84)38-48(69(89)75-32-16-8-10-21-49(83)23-19-35-80-63(88)30-36-81(70(80)90)64-40-56(85)58(106-64)43-104-110(91,92)93)45-115-114-37-31-62(87)74-33-18-20-47-42-82(68-66(47)67(73)76-46-77-68)65-41-57(86)59(107-65)44-105-112(97,98)109-113(99,100)108-111(94,95)96/h7,12-15,24-30,36,39,42,46,48,56-59,64-65,85-86H,6,8-11,16-17,19,21-23,31-35,37-38,40-41,43-45H2,1-5H3,(H10-,73,74,75,76,77,87,89,91,92,93,94,95,96,97,98,99,100,101,102,103)/p+1. The van der Waals surface area contributed by atoms with Gasteiger partial charge < -0.3 is 74.9 Å². The average molecular weight is 1750 g/mol. The lowest BCUT2D eigenvalue weighted by Gasteiger charge is -2.25. The minimum absolute atomic E-state index is 0.0106. The number of hydrogen-bond acceptors (Lipinski definition) is 26. The number of aliphatic hydroxyl groups is 2. The van der Waals surface area contributed by atoms with Crippen LogP contribution in [0.2, 0.25) is 0 Å². The quantitative estimate of drug-likeness (QED) is 0.00346. The number of unbranched alkanes of at least 4 members (excludes halogenated alkanes) is 4. The van der Waals surface area contributed by atoms with Crippen LogP contribution in [0.25, 0.3) is 11.0 Å². The van der Waals surface area contributed by atoms with Gasteiger partial charge in [-0.2, -0.15) is 21.6 Å². The van der Waals surface area contributed by atoms with Crippen LogP contribution in [0.5, 0.6) is 0 Å². The SMILES string of the molecule is CCN1C(=CC=CC=CC2=[N+](CCCCCC(=O)CC(CSSCCC(=O)NCC#Cc3cn(C4CC(O)C(COP(=O)(O)OP(=O)(O)OP(=O)(O)O)O4)c4ncnc(N)c34)C(=O)NCCCCCC(=O)CCCn3c(=O)ccn(C4CC(O)C(COP(=O)(O)O)O4)c3=O)c3ccc(S(=O)(=O)O)cc3C2(C)C)C(C)(C)c2ccccc21. The second kappa shape index (κ2) is 40.4. The largest absolute Gasteiger partial charge is 0.490 e. The number of para-hydroxylation sites is 1. The van der Waals surface area contributed by atoms with Crippen molar-refractivity contribution in [2.24, 2.45) is 5.92 Å². The Hall–Kier alpha value is -6.96. The fourth-order valence-corrected chi connectivity index (χ4v) is 20.3. The van der Waals surface area contributed by atoms with E-state index in [1.807, 2.05) is 50.3 Å². The Bertz CT molecular complexity index is 5090. The average Bonchev–Trinajstić information content (AvgIpc) is 1.60. The third-order valence-electron chi connectivity index (χ3n) is 19.8. The maximum Gasteiger partial charge on any atom is 0.490 e. The van der Waals surface area contributed by atoms with E-state index in [1.165, 1.54) is 61.9 Å². The Kier molecular flexibility index (Phi) is 32.4. The first-order valence-electron chi connectivity index (χ1n) is 37.2. The molecule has 9 unspecified atom stereocenters. The van der Waals surface area contributed by atoms with E-state index >= 15 is 0 Å². The summed E-state index contributed by atoms with van der Waals surface area (Å²) >= 11 is 0. The number of hydrogen-bond donors (Lipinski definition) is 12. The smallest absolute Gasteiger partial charge is 0.390 e. The van der Waals surface area contributed by atoms with Crippen molar-refractivity contribution < 1.29 is 122 Å². The van der Waals surface area contributed by atoms with Gasteiger partial charge in [0.15, 0.2) is 5.71 Å². The lowest BCUT2D eigenvalue weighted by Crippen LogP contribution is -2.40. The van der Waals surface area contributed by atoms with Gasteiger partial charge in [-0.25, -0.2) is 33.0 Å². The third kappa shape index (κ3) is 25.3. The summed E-state index contributed by atoms with van der Waals surface area (Å²) in [5.41, 5.74) is 10.4. The Morgan fingerprint density at radius 2 is 1.44 bits per heavy atom. The molecule has 2 aromatic carbocycles. The lowest BCUT2D eigenvalue weighted by molar-refractivity contribution is -0.438. The molecule has 0 bridgehead atoms. The number of aliphatic hydroxyl groups excluding tert-OH is 2. The number of phosphoric ester groups is 2. The highest BCUT2D eigenvalue weighted by Crippen LogP contribution is 2.66. The molecular formula is C72H97N10O27P4S3+. The van der Waals surface area contributed by atoms with Gasteiger partial charge in [-0.15, -0.1) is 0 Å². The first-order valence-corrected chi connectivity index (χ1v) is 47.1. The summed E-state index contributed by atoms with van der Waals surface area (Å²) in [6.07, 6.45) is 10.2. The van der Waals surface area contributed by atoms with Crippen molar-refractivity contribution in [3.8, 4) is 11.8 Å². The summed E-state index contributed by atoms with van der Waals surface area (Å²) < 4.78 is 115. The highest BCUT2D eigenvalue weighted by atomic mass is 33.1. The predicted molar refractivity (Wildman–Crippen MR) is 428 cm³/mol. The molecule has 4 aliphatic heterocycles. The summed E-state index contributed by atoms with van der Waals surface area (Å²) in [7, 11) is -23.8. The molecule has 634 valence electrons. The van der Waals surface area contributed by atoms with Crippen LogP contribution < -0.4 is 32.5 Å². The molecule has 0 spiro atoms. The number of carbonyl (C=O) groups excluding carboxylic acids is 4. The Balaban J connectivity index is 0.774. The van der Waals surface area contributed by atoms with E-state index in [0.717, 1.165) is 50.7 Å². The van der Waals surface area contributed by atoms with Crippen molar-refractivity contribution in [2.45, 2.75) is 184 Å². The van der Waals surface area contributed by atoms with E-state index in [4.69, 9.17) is 34.8 Å². The number of anilines is 2. The number of phosphoric acid groups is 4. The summed E-state index contributed by atoms with van der Waals surface area (Å²) in [6, 6.07) is 14.1. The molecule has 44 heteroatoms. The van der Waals surface area contributed by atoms with E-state index in [1.54, 1.807) is 6.07 Å². The number of ether oxygens (including phenoxy) is 2. The van der Waals surface area contributed by atoms with E-state index < -0.39 is 114 Å². The van der Waals surface area contributed by atoms with Crippen LogP contribution in [0.1, 0.15) is 154 Å². The zero-order valence-electron chi connectivity index (χ0n) is 64.1. The lowest BCUT2D eigenvalue weighted by atomic mass is 9.81. The van der Waals surface area contributed by atoms with Crippen LogP contribution in [0.15, 0.2) is 118 Å². The molecule has 3 aromatic heterocycles. The number of nitrogens with one attached hydrogen (secondary N) is 2. The number of aromatic nitrogens is 5. The first-order chi connectivity index (χ1) is 54.6. The van der Waals surface area contributed by atoms with Crippen LogP contribution >= 0.6 is 52.9 Å². The number of carbonyl (C=O) groups is 4. The van der Waals surface area contributed by atoms with Crippen LogP contribution in [0, 0.1) is 17.8 Å². The van der Waals surface area contributed by atoms with Gasteiger partial charge in [-0.05, 0) is 82.7 Å². The molecular weight excluding hydrogens is 1660 g/mol. The number of likely N-dealkylation sites (N-methyl/N-ethyl adjacent to an activating group) is 1. The van der Waals surface area contributed by atoms with Crippen molar-refractivity contribution in [3.63, 3.8) is 0 Å². The maximum absolute atomic E-state index is 14.0. The van der Waals surface area contributed by atoms with Gasteiger partial charge in [0, 0.05) is 135 Å². The van der Waals surface area contributed by atoms with Crippen LogP contribution in [0.3, 0.4) is 0 Å².